The van der Waals surface area contributed by atoms with Crippen LogP contribution in [0.15, 0.2) is 0 Å². The number of hydrogen-bond donors (Lipinski definition) is 0. The Balaban J connectivity index is 2.97. The van der Waals surface area contributed by atoms with E-state index in [4.69, 9.17) is 18.9 Å². The fourth-order valence-corrected chi connectivity index (χ4v) is 1.47. The van der Waals surface area contributed by atoms with Gasteiger partial charge >= 0.3 is 0 Å². The first kappa shape index (κ1) is 19.5. The van der Waals surface area contributed by atoms with E-state index >= 15 is 0 Å². The molecule has 0 bridgehead atoms. The van der Waals surface area contributed by atoms with Crippen molar-refractivity contribution in [1.29, 1.82) is 0 Å². The van der Waals surface area contributed by atoms with E-state index in [9.17, 15) is 4.79 Å². The molecular formula is C15H30O5. The van der Waals surface area contributed by atoms with Crippen LogP contribution in [0.2, 0.25) is 0 Å². The van der Waals surface area contributed by atoms with E-state index in [1.54, 1.807) is 0 Å². The van der Waals surface area contributed by atoms with E-state index in [0.29, 0.717) is 39.6 Å². The third kappa shape index (κ3) is 17.5. The number of carbonyl (C=O) groups is 1. The Labute approximate surface area is 122 Å². The zero-order valence-corrected chi connectivity index (χ0v) is 13.2. The van der Waals surface area contributed by atoms with Crippen molar-refractivity contribution in [2.24, 2.45) is 5.92 Å². The largest absolute Gasteiger partial charge is 0.379 e. The van der Waals surface area contributed by atoms with Crippen LogP contribution in [0, 0.1) is 5.92 Å². The van der Waals surface area contributed by atoms with Crippen LogP contribution in [-0.4, -0.2) is 58.6 Å². The summed E-state index contributed by atoms with van der Waals surface area (Å²) < 4.78 is 21.2. The van der Waals surface area contributed by atoms with Crippen LogP contribution < -0.4 is 0 Å². The Hall–Kier alpha value is -0.490. The van der Waals surface area contributed by atoms with Gasteiger partial charge in [-0.2, -0.15) is 0 Å². The molecule has 0 aromatic carbocycles. The molecule has 0 aliphatic carbocycles. The lowest BCUT2D eigenvalue weighted by atomic mass is 10.1. The predicted octanol–water partition coefficient (Wildman–Crippen LogP) is 2.08. The van der Waals surface area contributed by atoms with Crippen molar-refractivity contribution in [3.05, 3.63) is 0 Å². The molecule has 0 aromatic heterocycles. The van der Waals surface area contributed by atoms with Crippen molar-refractivity contribution in [3.63, 3.8) is 0 Å². The minimum absolute atomic E-state index is 0.0294. The van der Waals surface area contributed by atoms with Crippen LogP contribution in [0.1, 0.15) is 33.6 Å². The summed E-state index contributed by atoms with van der Waals surface area (Å²) >= 11 is 0. The molecule has 0 fully saturated rings. The van der Waals surface area contributed by atoms with Gasteiger partial charge in [-0.1, -0.05) is 13.8 Å². The number of hydrogen-bond acceptors (Lipinski definition) is 5. The third-order valence-electron chi connectivity index (χ3n) is 2.49. The quantitative estimate of drug-likeness (QED) is 0.432. The van der Waals surface area contributed by atoms with E-state index in [-0.39, 0.29) is 12.4 Å². The van der Waals surface area contributed by atoms with E-state index in [2.05, 4.69) is 13.8 Å². The highest BCUT2D eigenvalue weighted by atomic mass is 16.6. The van der Waals surface area contributed by atoms with Crippen molar-refractivity contribution < 1.29 is 23.7 Å². The van der Waals surface area contributed by atoms with Gasteiger partial charge < -0.3 is 18.9 Å². The van der Waals surface area contributed by atoms with Gasteiger partial charge in [0.1, 0.15) is 6.61 Å². The lowest BCUT2D eigenvalue weighted by Crippen LogP contribution is -2.13. The number of Topliss-reactive ketones (excluding diaryl/α,β-unsaturated/α-hetero) is 1. The summed E-state index contributed by atoms with van der Waals surface area (Å²) in [6.07, 6.45) is 2.32. The molecule has 0 unspecified atom stereocenters. The van der Waals surface area contributed by atoms with Gasteiger partial charge in [-0.15, -0.1) is 0 Å². The molecule has 5 heteroatoms. The first-order chi connectivity index (χ1) is 9.63. The molecule has 0 aliphatic heterocycles. The summed E-state index contributed by atoms with van der Waals surface area (Å²) in [6.45, 7) is 10.2. The van der Waals surface area contributed by atoms with Crippen molar-refractivity contribution in [2.45, 2.75) is 33.6 Å². The van der Waals surface area contributed by atoms with Gasteiger partial charge in [-0.05, 0) is 25.7 Å². The maximum absolute atomic E-state index is 10.6. The van der Waals surface area contributed by atoms with Gasteiger partial charge in [0, 0.05) is 6.61 Å². The summed E-state index contributed by atoms with van der Waals surface area (Å²) in [7, 11) is 0. The minimum atomic E-state index is 0.0294. The molecular weight excluding hydrogens is 260 g/mol. The molecule has 5 nitrogen and oxygen atoms in total. The molecule has 0 spiro atoms. The maximum atomic E-state index is 10.6. The highest BCUT2D eigenvalue weighted by Crippen LogP contribution is 2.02. The van der Waals surface area contributed by atoms with Gasteiger partial charge in [0.2, 0.25) is 0 Å². The Morgan fingerprint density at radius 3 is 1.70 bits per heavy atom. The first-order valence-corrected chi connectivity index (χ1v) is 7.43. The van der Waals surface area contributed by atoms with E-state index in [1.165, 1.54) is 13.3 Å². The second-order valence-corrected chi connectivity index (χ2v) is 5.13. The molecule has 0 aromatic rings. The number of ketones is 1. The maximum Gasteiger partial charge on any atom is 0.155 e. The standard InChI is InChI=1S/C15H30O5/c1-14(2)5-4-6-17-7-8-18-9-10-19-11-12-20-13-15(3)16/h14H,4-13H2,1-3H3. The Bertz CT molecular complexity index is 218. The topological polar surface area (TPSA) is 54.0 Å². The van der Waals surface area contributed by atoms with Crippen LogP contribution in [0.4, 0.5) is 0 Å². The van der Waals surface area contributed by atoms with Crippen LogP contribution in [0.5, 0.6) is 0 Å². The summed E-state index contributed by atoms with van der Waals surface area (Å²) in [4.78, 5) is 10.6. The highest BCUT2D eigenvalue weighted by Gasteiger charge is 1.95. The lowest BCUT2D eigenvalue weighted by Gasteiger charge is -2.07. The van der Waals surface area contributed by atoms with Gasteiger partial charge in [0.25, 0.3) is 0 Å². The van der Waals surface area contributed by atoms with Crippen LogP contribution >= 0.6 is 0 Å². The first-order valence-electron chi connectivity index (χ1n) is 7.43. The summed E-state index contributed by atoms with van der Waals surface area (Å²) in [5.41, 5.74) is 0. The summed E-state index contributed by atoms with van der Waals surface area (Å²) in [5.74, 6) is 0.771. The van der Waals surface area contributed by atoms with Gasteiger partial charge in [-0.3, -0.25) is 4.79 Å². The SMILES string of the molecule is CC(=O)COCCOCCOCCOCCCC(C)C. The predicted molar refractivity (Wildman–Crippen MR) is 78.0 cm³/mol. The van der Waals surface area contributed by atoms with E-state index < -0.39 is 0 Å². The molecule has 0 atom stereocenters. The molecule has 0 radical (unpaired) electrons. The molecule has 0 rings (SSSR count). The van der Waals surface area contributed by atoms with Crippen molar-refractivity contribution in [1.82, 2.24) is 0 Å². The van der Waals surface area contributed by atoms with Crippen LogP contribution in [-0.2, 0) is 23.7 Å². The third-order valence-corrected chi connectivity index (χ3v) is 2.49. The minimum Gasteiger partial charge on any atom is -0.379 e. The van der Waals surface area contributed by atoms with Gasteiger partial charge in [0.05, 0.1) is 39.6 Å². The normalized spacial score (nSPS) is 11.2. The fourth-order valence-electron chi connectivity index (χ4n) is 1.47. The van der Waals surface area contributed by atoms with Crippen LogP contribution in [0.3, 0.4) is 0 Å². The highest BCUT2D eigenvalue weighted by molar-refractivity contribution is 5.76. The van der Waals surface area contributed by atoms with Crippen molar-refractivity contribution in [3.8, 4) is 0 Å². The monoisotopic (exact) mass is 290 g/mol. The average molecular weight is 290 g/mol. The summed E-state index contributed by atoms with van der Waals surface area (Å²) in [6, 6.07) is 0. The van der Waals surface area contributed by atoms with Gasteiger partial charge in [-0.25, -0.2) is 0 Å². The molecule has 0 heterocycles. The molecule has 120 valence electrons. The second kappa shape index (κ2) is 14.9. The molecule has 0 N–H and O–H groups in total. The molecule has 20 heavy (non-hydrogen) atoms. The van der Waals surface area contributed by atoms with E-state index in [0.717, 1.165) is 18.9 Å². The molecule has 0 aliphatic rings. The Kier molecular flexibility index (Phi) is 14.5. The zero-order valence-electron chi connectivity index (χ0n) is 13.2. The number of carbonyl (C=O) groups excluding carboxylic acids is 1. The van der Waals surface area contributed by atoms with Crippen LogP contribution in [0.25, 0.3) is 0 Å². The molecule has 0 saturated carbocycles. The average Bonchev–Trinajstić information content (AvgIpc) is 2.38. The second-order valence-electron chi connectivity index (χ2n) is 5.13. The Morgan fingerprint density at radius 1 is 0.800 bits per heavy atom. The molecule has 0 amide bonds. The fraction of sp³-hybridized carbons (Fsp3) is 0.933. The van der Waals surface area contributed by atoms with Gasteiger partial charge in [0.15, 0.2) is 5.78 Å². The number of ether oxygens (including phenoxy) is 4. The zero-order chi connectivity index (χ0) is 15.1. The van der Waals surface area contributed by atoms with Crippen molar-refractivity contribution >= 4 is 5.78 Å². The molecule has 0 saturated heterocycles. The van der Waals surface area contributed by atoms with Crippen molar-refractivity contribution in [2.75, 3.05) is 52.9 Å². The number of rotatable bonds is 15. The van der Waals surface area contributed by atoms with E-state index in [1.807, 2.05) is 0 Å². The Morgan fingerprint density at radius 2 is 1.25 bits per heavy atom. The lowest BCUT2D eigenvalue weighted by molar-refractivity contribution is -0.122. The summed E-state index contributed by atoms with van der Waals surface area (Å²) in [5, 5.41) is 0. The smallest absolute Gasteiger partial charge is 0.155 e.